The van der Waals surface area contributed by atoms with Crippen molar-refractivity contribution in [2.45, 2.75) is 13.5 Å². The minimum absolute atomic E-state index is 0.0281. The Morgan fingerprint density at radius 3 is 2.49 bits per heavy atom. The maximum atomic E-state index is 13.5. The number of methoxy groups -OCH3 is 1. The van der Waals surface area contributed by atoms with Gasteiger partial charge in [-0.1, -0.05) is 35.3 Å². The molecule has 0 saturated carbocycles. The number of hydrogen-bond donors (Lipinski definition) is 1. The predicted molar refractivity (Wildman–Crippen MR) is 163 cm³/mol. The van der Waals surface area contributed by atoms with Crippen LogP contribution in [0.5, 0.6) is 17.2 Å². The lowest BCUT2D eigenvalue weighted by molar-refractivity contribution is -0.122. The molecule has 0 atom stereocenters. The number of nitrogens with one attached hydrogen (secondary N) is 1. The van der Waals surface area contributed by atoms with Crippen molar-refractivity contribution in [1.29, 1.82) is 0 Å². The summed E-state index contributed by atoms with van der Waals surface area (Å²) in [5, 5.41) is 3.42. The molecule has 202 valence electrons. The highest BCUT2D eigenvalue weighted by Crippen LogP contribution is 2.44. The van der Waals surface area contributed by atoms with E-state index >= 15 is 0 Å². The lowest BCUT2D eigenvalue weighted by Gasteiger charge is -2.29. The molecule has 1 N–H and O–H groups in total. The van der Waals surface area contributed by atoms with Gasteiger partial charge in [0.15, 0.2) is 16.6 Å². The largest absolute Gasteiger partial charge is 0.494 e. The van der Waals surface area contributed by atoms with Crippen molar-refractivity contribution in [1.82, 2.24) is 5.32 Å². The number of amides is 2. The highest BCUT2D eigenvalue weighted by Gasteiger charge is 2.35. The van der Waals surface area contributed by atoms with Crippen LogP contribution in [0.15, 0.2) is 63.0 Å². The van der Waals surface area contributed by atoms with Crippen molar-refractivity contribution >= 4 is 96.0 Å². The normalized spacial score (nSPS) is 14.5. The Hall–Kier alpha value is -2.63. The zero-order chi connectivity index (χ0) is 28.3. The number of halogens is 4. The van der Waals surface area contributed by atoms with Gasteiger partial charge in [-0.3, -0.25) is 19.8 Å². The van der Waals surface area contributed by atoms with Crippen LogP contribution in [0.4, 0.5) is 5.69 Å². The predicted octanol–water partition coefficient (Wildman–Crippen LogP) is 7.34. The van der Waals surface area contributed by atoms with Crippen LogP contribution in [0, 0.1) is 0 Å². The molecule has 0 bridgehead atoms. The number of anilines is 1. The lowest BCUT2D eigenvalue weighted by atomic mass is 10.1. The fraction of sp³-hybridized carbons (Fsp3) is 0.148. The monoisotopic (exact) mass is 712 g/mol. The first-order valence-electron chi connectivity index (χ1n) is 11.4. The molecule has 0 spiro atoms. The van der Waals surface area contributed by atoms with E-state index in [2.05, 4.69) is 37.2 Å². The van der Waals surface area contributed by atoms with Crippen LogP contribution in [-0.4, -0.2) is 30.6 Å². The smallest absolute Gasteiger partial charge is 0.270 e. The Balaban J connectivity index is 1.68. The third-order valence-corrected chi connectivity index (χ3v) is 8.70. The maximum absolute atomic E-state index is 13.5. The van der Waals surface area contributed by atoms with Crippen LogP contribution in [-0.2, 0) is 16.2 Å². The molecule has 12 heteroatoms. The Bertz CT molecular complexity index is 1520. The number of carbonyl (C=O) groups is 2. The van der Waals surface area contributed by atoms with Crippen molar-refractivity contribution in [2.75, 3.05) is 18.6 Å². The van der Waals surface area contributed by atoms with Gasteiger partial charge in [0, 0.05) is 10.5 Å². The summed E-state index contributed by atoms with van der Waals surface area (Å²) in [4.78, 5) is 27.6. The quantitative estimate of drug-likeness (QED) is 0.150. The van der Waals surface area contributed by atoms with Crippen LogP contribution < -0.4 is 24.4 Å². The van der Waals surface area contributed by atoms with Crippen LogP contribution in [0.2, 0.25) is 10.0 Å². The van der Waals surface area contributed by atoms with Gasteiger partial charge < -0.3 is 14.2 Å². The van der Waals surface area contributed by atoms with E-state index in [0.717, 1.165) is 5.56 Å². The molecule has 0 aliphatic carbocycles. The molecule has 0 unspecified atom stereocenters. The fourth-order valence-corrected chi connectivity index (χ4v) is 5.26. The van der Waals surface area contributed by atoms with E-state index in [1.165, 1.54) is 18.1 Å². The Labute approximate surface area is 257 Å². The van der Waals surface area contributed by atoms with Gasteiger partial charge in [-0.2, -0.15) is 0 Å². The zero-order valence-electron chi connectivity index (χ0n) is 20.5. The molecule has 4 rings (SSSR count). The minimum atomic E-state index is -0.621. The Morgan fingerprint density at radius 2 is 1.79 bits per heavy atom. The summed E-state index contributed by atoms with van der Waals surface area (Å²) >= 11 is 24.5. The number of benzene rings is 3. The average molecular weight is 715 g/mol. The first kappa shape index (κ1) is 29.4. The van der Waals surface area contributed by atoms with Crippen molar-refractivity contribution in [3.05, 3.63) is 84.2 Å². The summed E-state index contributed by atoms with van der Waals surface area (Å²) in [5.41, 5.74) is 1.64. The van der Waals surface area contributed by atoms with Gasteiger partial charge >= 0.3 is 0 Å². The summed E-state index contributed by atoms with van der Waals surface area (Å²) in [6, 6.07) is 13.8. The second-order valence-corrected chi connectivity index (χ2v) is 10.8. The lowest BCUT2D eigenvalue weighted by Crippen LogP contribution is -2.54. The van der Waals surface area contributed by atoms with Crippen molar-refractivity contribution < 1.29 is 23.8 Å². The van der Waals surface area contributed by atoms with Gasteiger partial charge in [0.2, 0.25) is 0 Å². The molecule has 1 aliphatic rings. The van der Waals surface area contributed by atoms with Gasteiger partial charge in [-0.25, -0.2) is 0 Å². The standard InChI is InChI=1S/C27H20Br2Cl2N2O5S/c1-3-37-17-6-4-5-16(12-17)33-26(35)18(25(34)32-27(33)39)10-15-11-21(36-2)24(23(29)22(15)28)38-13-14-7-8-19(30)20(31)9-14/h4-12H,3,13H2,1-2H3,(H,32,34,39)/b18-10+. The van der Waals surface area contributed by atoms with Crippen molar-refractivity contribution in [3.63, 3.8) is 0 Å². The molecule has 2 amide bonds. The number of ether oxygens (including phenoxy) is 3. The first-order chi connectivity index (χ1) is 18.6. The average Bonchev–Trinajstić information content (AvgIpc) is 2.90. The van der Waals surface area contributed by atoms with E-state index < -0.39 is 11.8 Å². The maximum Gasteiger partial charge on any atom is 0.270 e. The Kier molecular flexibility index (Phi) is 9.56. The third-order valence-electron chi connectivity index (χ3n) is 5.53. The second-order valence-electron chi connectivity index (χ2n) is 8.05. The Morgan fingerprint density at radius 1 is 1.03 bits per heavy atom. The van der Waals surface area contributed by atoms with E-state index in [0.29, 0.717) is 54.1 Å². The van der Waals surface area contributed by atoms with E-state index in [1.807, 2.05) is 6.92 Å². The zero-order valence-corrected chi connectivity index (χ0v) is 26.0. The minimum Gasteiger partial charge on any atom is -0.494 e. The topological polar surface area (TPSA) is 77.1 Å². The number of nitrogens with zero attached hydrogens (tertiary/aromatic N) is 1. The molecule has 39 heavy (non-hydrogen) atoms. The highest BCUT2D eigenvalue weighted by molar-refractivity contribution is 9.13. The molecule has 3 aromatic carbocycles. The van der Waals surface area contributed by atoms with Crippen LogP contribution >= 0.6 is 67.3 Å². The molecule has 3 aromatic rings. The fourth-order valence-electron chi connectivity index (χ4n) is 3.71. The van der Waals surface area contributed by atoms with E-state index in [9.17, 15) is 9.59 Å². The summed E-state index contributed by atoms with van der Waals surface area (Å²) in [7, 11) is 1.49. The van der Waals surface area contributed by atoms with Crippen LogP contribution in [0.1, 0.15) is 18.1 Å². The summed E-state index contributed by atoms with van der Waals surface area (Å²) in [6.45, 7) is 2.51. The molecule has 1 heterocycles. The van der Waals surface area contributed by atoms with Gasteiger partial charge in [-0.15, -0.1) is 0 Å². The second kappa shape index (κ2) is 12.7. The molecular weight excluding hydrogens is 695 g/mol. The third kappa shape index (κ3) is 6.41. The molecule has 0 radical (unpaired) electrons. The summed E-state index contributed by atoms with van der Waals surface area (Å²) in [5.74, 6) is 0.148. The van der Waals surface area contributed by atoms with Crippen LogP contribution in [0.3, 0.4) is 0 Å². The molecule has 1 aliphatic heterocycles. The molecule has 7 nitrogen and oxygen atoms in total. The highest BCUT2D eigenvalue weighted by atomic mass is 79.9. The van der Waals surface area contributed by atoms with Gasteiger partial charge in [0.1, 0.15) is 17.9 Å². The van der Waals surface area contributed by atoms with Crippen molar-refractivity contribution in [3.8, 4) is 17.2 Å². The number of carbonyl (C=O) groups excluding carboxylic acids is 2. The van der Waals surface area contributed by atoms with Crippen molar-refractivity contribution in [2.24, 2.45) is 0 Å². The number of hydrogen-bond acceptors (Lipinski definition) is 6. The number of rotatable bonds is 8. The van der Waals surface area contributed by atoms with Gasteiger partial charge in [-0.05, 0) is 98.5 Å². The molecular formula is C27H20Br2Cl2N2O5S. The summed E-state index contributed by atoms with van der Waals surface area (Å²) in [6.07, 6.45) is 1.46. The van der Waals surface area contributed by atoms with E-state index in [4.69, 9.17) is 49.6 Å². The van der Waals surface area contributed by atoms with E-state index in [-0.39, 0.29) is 17.3 Å². The molecule has 1 saturated heterocycles. The first-order valence-corrected chi connectivity index (χ1v) is 14.2. The molecule has 0 aromatic heterocycles. The number of thiocarbonyl (C=S) groups is 1. The van der Waals surface area contributed by atoms with E-state index in [1.54, 1.807) is 48.5 Å². The molecule has 1 fully saturated rings. The summed E-state index contributed by atoms with van der Waals surface area (Å²) < 4.78 is 18.2. The SMILES string of the molecule is CCOc1cccc(N2C(=O)/C(=C/c3cc(OC)c(OCc4ccc(Cl)c(Cl)c4)c(Br)c3Br)C(=O)NC2=S)c1. The van der Waals surface area contributed by atoms with Crippen LogP contribution in [0.25, 0.3) is 6.08 Å². The van der Waals surface area contributed by atoms with Gasteiger partial charge in [0.05, 0.1) is 33.9 Å². The van der Waals surface area contributed by atoms with Gasteiger partial charge in [0.25, 0.3) is 11.8 Å².